The Kier molecular flexibility index (Phi) is 5.60. The van der Waals surface area contributed by atoms with E-state index in [0.29, 0.717) is 0 Å². The molecule has 60 heavy (non-hydrogen) atoms. The van der Waals surface area contributed by atoms with Crippen molar-refractivity contribution in [3.8, 4) is 44.9 Å². The summed E-state index contributed by atoms with van der Waals surface area (Å²) in [6, 6.07) is 67.8. The number of para-hydroxylation sites is 2. The molecule has 0 unspecified atom stereocenters. The van der Waals surface area contributed by atoms with Crippen LogP contribution in [0.4, 0.5) is 0 Å². The molecule has 3 aliphatic heterocycles. The minimum atomic E-state index is -0.485. The van der Waals surface area contributed by atoms with Crippen molar-refractivity contribution in [3.63, 3.8) is 0 Å². The van der Waals surface area contributed by atoms with Gasteiger partial charge in [0, 0.05) is 38.6 Å². The van der Waals surface area contributed by atoms with Crippen molar-refractivity contribution in [3.05, 3.63) is 209 Å². The highest BCUT2D eigenvalue weighted by Crippen LogP contribution is 2.61. The number of rotatable bonds is 2. The third-order valence-electron chi connectivity index (χ3n) is 14.8. The minimum absolute atomic E-state index is 0.0219. The first kappa shape index (κ1) is 31.6. The van der Waals surface area contributed by atoms with Gasteiger partial charge in [0.15, 0.2) is 0 Å². The maximum Gasteiger partial charge on any atom is 0.253 e. The fourth-order valence-electron chi connectivity index (χ4n) is 12.6. The van der Waals surface area contributed by atoms with Gasteiger partial charge in [-0.1, -0.05) is 175 Å². The minimum Gasteiger partial charge on any atom is -0.310 e. The van der Waals surface area contributed by atoms with Crippen LogP contribution in [-0.2, 0) is 5.41 Å². The lowest BCUT2D eigenvalue weighted by atomic mass is 9.33. The van der Waals surface area contributed by atoms with E-state index in [0.717, 1.165) is 0 Å². The number of fused-ring (bicyclic) bond motifs is 13. The van der Waals surface area contributed by atoms with Gasteiger partial charge < -0.3 is 9.13 Å². The molecule has 1 spiro atoms. The summed E-state index contributed by atoms with van der Waals surface area (Å²) in [5, 5.41) is 6.58. The lowest BCUT2D eigenvalue weighted by Gasteiger charge is -2.44. The Balaban J connectivity index is 1.21. The van der Waals surface area contributed by atoms with Crippen molar-refractivity contribution in [1.29, 1.82) is 0 Å². The predicted octanol–water partition coefficient (Wildman–Crippen LogP) is 11.7. The number of benzene rings is 9. The topological polar surface area (TPSA) is 9.86 Å². The SMILES string of the molecule is Cc1ccc(-c2c(-c3ccc(C)cc3)n3c4c(c5ccccc5cc24)B2c4c-3ccc3c4-n4c5c2cccc5c2cccc(c24)C32c3ccccc3-c3ccccc32)cc1. The first-order valence-electron chi connectivity index (χ1n) is 21.3. The summed E-state index contributed by atoms with van der Waals surface area (Å²) in [5.41, 5.74) is 26.1. The van der Waals surface area contributed by atoms with Crippen LogP contribution in [0, 0.1) is 13.8 Å². The van der Waals surface area contributed by atoms with Crippen molar-refractivity contribution >= 4 is 66.6 Å². The van der Waals surface area contributed by atoms with Crippen LogP contribution in [0.25, 0.3) is 88.4 Å². The number of aryl methyl sites for hydroxylation is 2. The molecule has 0 N–H and O–H groups in total. The predicted molar refractivity (Wildman–Crippen MR) is 251 cm³/mol. The van der Waals surface area contributed by atoms with Crippen LogP contribution in [0.3, 0.4) is 0 Å². The zero-order chi connectivity index (χ0) is 39.2. The monoisotopic (exact) mass is 758 g/mol. The van der Waals surface area contributed by atoms with Crippen molar-refractivity contribution in [1.82, 2.24) is 9.13 Å². The number of hydrogen-bond donors (Lipinski definition) is 0. The maximum absolute atomic E-state index is 2.71. The van der Waals surface area contributed by atoms with E-state index in [1.807, 2.05) is 0 Å². The van der Waals surface area contributed by atoms with Crippen LogP contribution >= 0.6 is 0 Å². The number of nitrogens with zero attached hydrogens (tertiary/aromatic N) is 2. The van der Waals surface area contributed by atoms with Crippen molar-refractivity contribution < 1.29 is 0 Å². The molecule has 0 radical (unpaired) electrons. The van der Waals surface area contributed by atoms with Crippen LogP contribution in [0.2, 0.25) is 0 Å². The molecular formula is C57H35BN2. The largest absolute Gasteiger partial charge is 0.310 e. The van der Waals surface area contributed by atoms with E-state index in [4.69, 9.17) is 0 Å². The van der Waals surface area contributed by atoms with Crippen LogP contribution < -0.4 is 16.4 Å². The van der Waals surface area contributed by atoms with Crippen molar-refractivity contribution in [2.24, 2.45) is 0 Å². The van der Waals surface area contributed by atoms with Gasteiger partial charge in [0.1, 0.15) is 0 Å². The standard InChI is InChI=1S/C57H35BN2/c1-32-21-25-34(26-22-32)49-42-31-36-11-3-4-12-37(36)50-55(42)59(52(49)35-27-23-33(2)24-28-35)48-30-29-46-56-51(48)58(50)47-20-10-16-41-40-15-9-19-45(53(40)60(56)54(41)47)57(46)43-17-7-5-13-38(43)39-14-6-8-18-44(39)57/h3-31H,1-2H3. The number of hydrogen-bond acceptors (Lipinski definition) is 0. The normalized spacial score (nSPS) is 14.3. The molecule has 0 saturated carbocycles. The van der Waals surface area contributed by atoms with Crippen molar-refractivity contribution in [2.75, 3.05) is 0 Å². The molecule has 4 aliphatic rings. The molecule has 0 amide bonds. The molecule has 1 aliphatic carbocycles. The highest BCUT2D eigenvalue weighted by Gasteiger charge is 2.54. The third-order valence-corrected chi connectivity index (χ3v) is 14.8. The second-order valence-electron chi connectivity index (χ2n) is 17.6. The molecule has 3 heteroatoms. The lowest BCUT2D eigenvalue weighted by molar-refractivity contribution is 0.749. The highest BCUT2D eigenvalue weighted by molar-refractivity contribution is 7.01. The quantitative estimate of drug-likeness (QED) is 0.155. The van der Waals surface area contributed by atoms with Gasteiger partial charge in [-0.25, -0.2) is 0 Å². The Morgan fingerprint density at radius 3 is 1.80 bits per heavy atom. The second-order valence-corrected chi connectivity index (χ2v) is 17.6. The summed E-state index contributed by atoms with van der Waals surface area (Å²) in [7, 11) is 0. The van der Waals surface area contributed by atoms with Gasteiger partial charge in [0.05, 0.1) is 22.1 Å². The second kappa shape index (κ2) is 10.6. The average molecular weight is 759 g/mol. The summed E-state index contributed by atoms with van der Waals surface area (Å²) >= 11 is 0. The molecule has 2 nitrogen and oxygen atoms in total. The number of aromatic nitrogens is 2. The lowest BCUT2D eigenvalue weighted by Crippen LogP contribution is -2.60. The Bertz CT molecular complexity index is 3740. The van der Waals surface area contributed by atoms with E-state index in [-0.39, 0.29) is 6.71 Å². The Labute approximate surface area is 347 Å². The maximum atomic E-state index is 2.71. The average Bonchev–Trinajstić information content (AvgIpc) is 3.92. The molecule has 5 heterocycles. The first-order valence-corrected chi connectivity index (χ1v) is 21.3. The van der Waals surface area contributed by atoms with E-state index in [9.17, 15) is 0 Å². The molecule has 0 atom stereocenters. The Hall–Kier alpha value is -7.36. The molecule has 0 fully saturated rings. The molecule has 15 rings (SSSR count). The van der Waals surface area contributed by atoms with Crippen LogP contribution in [0.15, 0.2) is 176 Å². The van der Waals surface area contributed by atoms with Crippen LogP contribution in [-0.4, -0.2) is 15.8 Å². The zero-order valence-corrected chi connectivity index (χ0v) is 33.2. The molecular weight excluding hydrogens is 723 g/mol. The summed E-state index contributed by atoms with van der Waals surface area (Å²) in [6.45, 7) is 4.40. The molecule has 276 valence electrons. The zero-order valence-electron chi connectivity index (χ0n) is 33.2. The van der Waals surface area contributed by atoms with E-state index < -0.39 is 5.41 Å². The smallest absolute Gasteiger partial charge is 0.253 e. The molecule has 11 aromatic rings. The van der Waals surface area contributed by atoms with E-state index in [1.54, 1.807) is 0 Å². The molecule has 2 aromatic heterocycles. The van der Waals surface area contributed by atoms with Gasteiger partial charge in [-0.3, -0.25) is 0 Å². The molecule has 9 aromatic carbocycles. The highest BCUT2D eigenvalue weighted by atomic mass is 15.1. The van der Waals surface area contributed by atoms with Gasteiger partial charge in [0.2, 0.25) is 0 Å². The Morgan fingerprint density at radius 2 is 1.05 bits per heavy atom. The Morgan fingerprint density at radius 1 is 0.433 bits per heavy atom. The summed E-state index contributed by atoms with van der Waals surface area (Å²) in [4.78, 5) is 0. The fourth-order valence-corrected chi connectivity index (χ4v) is 12.6. The first-order chi connectivity index (χ1) is 29.6. The third kappa shape index (κ3) is 3.43. The van der Waals surface area contributed by atoms with Gasteiger partial charge in [-0.15, -0.1) is 0 Å². The van der Waals surface area contributed by atoms with E-state index in [2.05, 4.69) is 199 Å². The molecule has 0 saturated heterocycles. The van der Waals surface area contributed by atoms with E-state index >= 15 is 0 Å². The van der Waals surface area contributed by atoms with E-state index in [1.165, 1.54) is 138 Å². The van der Waals surface area contributed by atoms with Crippen LogP contribution in [0.5, 0.6) is 0 Å². The van der Waals surface area contributed by atoms with Crippen LogP contribution in [0.1, 0.15) is 33.4 Å². The van der Waals surface area contributed by atoms with Gasteiger partial charge in [-0.2, -0.15) is 0 Å². The van der Waals surface area contributed by atoms with Gasteiger partial charge in [0.25, 0.3) is 6.71 Å². The van der Waals surface area contributed by atoms with Gasteiger partial charge >= 0.3 is 0 Å². The summed E-state index contributed by atoms with van der Waals surface area (Å²) in [6.07, 6.45) is 0. The van der Waals surface area contributed by atoms with Crippen molar-refractivity contribution in [2.45, 2.75) is 19.3 Å². The summed E-state index contributed by atoms with van der Waals surface area (Å²) in [5.74, 6) is 0. The molecule has 0 bridgehead atoms. The van der Waals surface area contributed by atoms with Gasteiger partial charge in [-0.05, 0) is 97.6 Å². The summed E-state index contributed by atoms with van der Waals surface area (Å²) < 4.78 is 5.39. The fraction of sp³-hybridized carbons (Fsp3) is 0.0526.